The molecule has 0 fully saturated rings. The predicted molar refractivity (Wildman–Crippen MR) is 97.7 cm³/mol. The number of nitrogens with one attached hydrogen (secondary N) is 1. The zero-order chi connectivity index (χ0) is 18.7. The molecule has 0 radical (unpaired) electrons. The Morgan fingerprint density at radius 2 is 1.81 bits per heavy atom. The quantitative estimate of drug-likeness (QED) is 0.806. The highest BCUT2D eigenvalue weighted by Gasteiger charge is 2.25. The van der Waals surface area contributed by atoms with Crippen LogP contribution in [0.25, 0.3) is 0 Å². The lowest BCUT2D eigenvalue weighted by atomic mass is 10.2. The molecule has 1 heterocycles. The molecule has 1 aliphatic rings. The third kappa shape index (κ3) is 4.02. The van der Waals surface area contributed by atoms with E-state index in [9.17, 15) is 18.0 Å². The zero-order valence-corrected chi connectivity index (χ0v) is 15.0. The Morgan fingerprint density at radius 1 is 1.12 bits per heavy atom. The predicted octanol–water partition coefficient (Wildman–Crippen LogP) is 1.80. The lowest BCUT2D eigenvalue weighted by molar-refractivity contribution is -0.121. The summed E-state index contributed by atoms with van der Waals surface area (Å²) in [5.74, 6) is -1.09. The van der Waals surface area contributed by atoms with E-state index in [1.807, 2.05) is 24.3 Å². The number of esters is 1. The smallest absolute Gasteiger partial charge is 0.340 e. The van der Waals surface area contributed by atoms with Gasteiger partial charge in [0.15, 0.2) is 6.61 Å². The lowest BCUT2D eigenvalue weighted by Crippen LogP contribution is -2.33. The number of sulfonamides is 1. The molecule has 1 N–H and O–H groups in total. The summed E-state index contributed by atoms with van der Waals surface area (Å²) in [5, 5.41) is 0. The molecule has 136 valence electrons. The van der Waals surface area contributed by atoms with Crippen molar-refractivity contribution in [2.45, 2.75) is 6.42 Å². The molecule has 2 aromatic carbocycles. The number of rotatable bonds is 5. The number of para-hydroxylation sites is 2. The Morgan fingerprint density at radius 3 is 2.58 bits per heavy atom. The topological polar surface area (TPSA) is 92.8 Å². The van der Waals surface area contributed by atoms with Crippen molar-refractivity contribution in [2.75, 3.05) is 29.0 Å². The maximum absolute atomic E-state index is 12.4. The fourth-order valence-corrected chi connectivity index (χ4v) is 3.41. The first-order chi connectivity index (χ1) is 12.3. The number of anilines is 2. The molecule has 0 saturated carbocycles. The standard InChI is InChI=1S/C18H18N2O5S/c1-26(23,24)19-15-8-4-3-7-14(15)18(22)25-12-17(21)20-11-10-13-6-2-5-9-16(13)20/h2-9,19H,10-12H2,1H3. The largest absolute Gasteiger partial charge is 0.452 e. The van der Waals surface area contributed by atoms with Crippen LogP contribution in [0.4, 0.5) is 11.4 Å². The molecule has 0 atom stereocenters. The Balaban J connectivity index is 1.68. The van der Waals surface area contributed by atoms with Gasteiger partial charge in [-0.1, -0.05) is 30.3 Å². The van der Waals surface area contributed by atoms with E-state index >= 15 is 0 Å². The highest BCUT2D eigenvalue weighted by atomic mass is 32.2. The van der Waals surface area contributed by atoms with Crippen LogP contribution in [0.5, 0.6) is 0 Å². The van der Waals surface area contributed by atoms with Crippen LogP contribution in [0.1, 0.15) is 15.9 Å². The molecule has 3 rings (SSSR count). The van der Waals surface area contributed by atoms with Crippen molar-refractivity contribution in [3.8, 4) is 0 Å². The first-order valence-corrected chi connectivity index (χ1v) is 9.86. The summed E-state index contributed by atoms with van der Waals surface area (Å²) in [4.78, 5) is 26.3. The van der Waals surface area contributed by atoms with Crippen LogP contribution in [0, 0.1) is 0 Å². The molecule has 0 spiro atoms. The number of fused-ring (bicyclic) bond motifs is 1. The van der Waals surface area contributed by atoms with Crippen LogP contribution >= 0.6 is 0 Å². The molecule has 0 unspecified atom stereocenters. The molecular formula is C18H18N2O5S. The van der Waals surface area contributed by atoms with Gasteiger partial charge in [0, 0.05) is 12.2 Å². The molecule has 26 heavy (non-hydrogen) atoms. The van der Waals surface area contributed by atoms with Gasteiger partial charge < -0.3 is 9.64 Å². The number of carbonyl (C=O) groups is 2. The SMILES string of the molecule is CS(=O)(=O)Nc1ccccc1C(=O)OCC(=O)N1CCc2ccccc21. The van der Waals surface area contributed by atoms with Crippen LogP contribution in [-0.4, -0.2) is 39.7 Å². The number of hydrogen-bond donors (Lipinski definition) is 1. The van der Waals surface area contributed by atoms with Gasteiger partial charge in [0.05, 0.1) is 17.5 Å². The molecular weight excluding hydrogens is 356 g/mol. The van der Waals surface area contributed by atoms with Crippen LogP contribution < -0.4 is 9.62 Å². The van der Waals surface area contributed by atoms with E-state index in [-0.39, 0.29) is 17.2 Å². The van der Waals surface area contributed by atoms with E-state index in [2.05, 4.69) is 4.72 Å². The molecule has 0 aromatic heterocycles. The maximum atomic E-state index is 12.4. The zero-order valence-electron chi connectivity index (χ0n) is 14.1. The maximum Gasteiger partial charge on any atom is 0.340 e. The summed E-state index contributed by atoms with van der Waals surface area (Å²) >= 11 is 0. The highest BCUT2D eigenvalue weighted by Crippen LogP contribution is 2.27. The second kappa shape index (κ2) is 7.17. The number of nitrogens with zero attached hydrogens (tertiary/aromatic N) is 1. The van der Waals surface area contributed by atoms with Gasteiger partial charge >= 0.3 is 5.97 Å². The molecule has 0 aliphatic carbocycles. The number of benzene rings is 2. The molecule has 7 nitrogen and oxygen atoms in total. The minimum atomic E-state index is -3.54. The first kappa shape index (κ1) is 17.9. The normalized spacial score (nSPS) is 13.2. The van der Waals surface area contributed by atoms with Crippen LogP contribution in [-0.2, 0) is 26.0 Å². The summed E-state index contributed by atoms with van der Waals surface area (Å²) < 4.78 is 30.2. The van der Waals surface area contributed by atoms with Crippen molar-refractivity contribution in [2.24, 2.45) is 0 Å². The summed E-state index contributed by atoms with van der Waals surface area (Å²) in [7, 11) is -3.54. The fourth-order valence-electron chi connectivity index (χ4n) is 2.83. The number of hydrogen-bond acceptors (Lipinski definition) is 5. The second-order valence-corrected chi connectivity index (χ2v) is 7.67. The number of amides is 1. The highest BCUT2D eigenvalue weighted by molar-refractivity contribution is 7.92. The molecule has 1 amide bonds. The van der Waals surface area contributed by atoms with Crippen molar-refractivity contribution in [3.05, 3.63) is 59.7 Å². The molecule has 0 bridgehead atoms. The lowest BCUT2D eigenvalue weighted by Gasteiger charge is -2.17. The third-order valence-corrected chi connectivity index (χ3v) is 4.55. The van der Waals surface area contributed by atoms with Crippen molar-refractivity contribution >= 4 is 33.3 Å². The average Bonchev–Trinajstić information content (AvgIpc) is 3.02. The van der Waals surface area contributed by atoms with Gasteiger partial charge in [-0.05, 0) is 30.2 Å². The second-order valence-electron chi connectivity index (χ2n) is 5.92. The van der Waals surface area contributed by atoms with Gasteiger partial charge in [-0.25, -0.2) is 13.2 Å². The van der Waals surface area contributed by atoms with Crippen molar-refractivity contribution in [3.63, 3.8) is 0 Å². The number of carbonyl (C=O) groups excluding carboxylic acids is 2. The Kier molecular flexibility index (Phi) is 4.94. The van der Waals surface area contributed by atoms with E-state index in [0.29, 0.717) is 6.54 Å². The van der Waals surface area contributed by atoms with Gasteiger partial charge in [0.2, 0.25) is 10.0 Å². The Bertz CT molecular complexity index is 956. The molecule has 1 aliphatic heterocycles. The average molecular weight is 374 g/mol. The Labute approximate surface area is 151 Å². The molecule has 8 heteroatoms. The van der Waals surface area contributed by atoms with Gasteiger partial charge in [-0.2, -0.15) is 0 Å². The van der Waals surface area contributed by atoms with E-state index in [4.69, 9.17) is 4.74 Å². The number of ether oxygens (including phenoxy) is 1. The molecule has 2 aromatic rings. The summed E-state index contributed by atoms with van der Waals surface area (Å²) in [6.45, 7) is 0.127. The Hall–Kier alpha value is -2.87. The third-order valence-electron chi connectivity index (χ3n) is 3.96. The summed E-state index contributed by atoms with van der Waals surface area (Å²) in [5.41, 5.74) is 2.06. The summed E-state index contributed by atoms with van der Waals surface area (Å²) in [6.07, 6.45) is 1.75. The first-order valence-electron chi connectivity index (χ1n) is 7.97. The fraction of sp³-hybridized carbons (Fsp3) is 0.222. The van der Waals surface area contributed by atoms with Crippen molar-refractivity contribution in [1.29, 1.82) is 0 Å². The van der Waals surface area contributed by atoms with Gasteiger partial charge in [0.25, 0.3) is 5.91 Å². The van der Waals surface area contributed by atoms with Crippen LogP contribution in [0.3, 0.4) is 0 Å². The van der Waals surface area contributed by atoms with E-state index in [1.54, 1.807) is 17.0 Å². The monoisotopic (exact) mass is 374 g/mol. The van der Waals surface area contributed by atoms with Crippen LogP contribution in [0.15, 0.2) is 48.5 Å². The summed E-state index contributed by atoms with van der Waals surface area (Å²) in [6, 6.07) is 13.7. The van der Waals surface area contributed by atoms with E-state index in [0.717, 1.165) is 23.9 Å². The minimum Gasteiger partial charge on any atom is -0.452 e. The van der Waals surface area contributed by atoms with Gasteiger partial charge in [0.1, 0.15) is 0 Å². The van der Waals surface area contributed by atoms with Crippen molar-refractivity contribution < 1.29 is 22.7 Å². The molecule has 0 saturated heterocycles. The van der Waals surface area contributed by atoms with E-state index in [1.165, 1.54) is 12.1 Å². The van der Waals surface area contributed by atoms with Gasteiger partial charge in [-0.3, -0.25) is 9.52 Å². The van der Waals surface area contributed by atoms with Crippen molar-refractivity contribution in [1.82, 2.24) is 0 Å². The van der Waals surface area contributed by atoms with Crippen LogP contribution in [0.2, 0.25) is 0 Å². The minimum absolute atomic E-state index is 0.0487. The van der Waals surface area contributed by atoms with E-state index < -0.39 is 22.6 Å². The van der Waals surface area contributed by atoms with Gasteiger partial charge in [-0.15, -0.1) is 0 Å².